The molecule has 2 N–H and O–H groups in total. The van der Waals surface area contributed by atoms with Crippen molar-refractivity contribution in [3.63, 3.8) is 0 Å². The number of carbonyl (C=O) groups is 2. The van der Waals surface area contributed by atoms with Crippen molar-refractivity contribution in [1.29, 1.82) is 0 Å². The van der Waals surface area contributed by atoms with Gasteiger partial charge in [-0.3, -0.25) is 14.3 Å². The Labute approximate surface area is 107 Å². The normalized spacial score (nSPS) is 12.6. The summed E-state index contributed by atoms with van der Waals surface area (Å²) in [5, 5.41) is 16.3. The zero-order valence-corrected chi connectivity index (χ0v) is 11.0. The highest BCUT2D eigenvalue weighted by Crippen LogP contribution is 2.27. The van der Waals surface area contributed by atoms with Crippen molar-refractivity contribution in [2.75, 3.05) is 0 Å². The van der Waals surface area contributed by atoms with Gasteiger partial charge in [0.25, 0.3) is 5.91 Å². The number of carboxylic acid groups (broad SMARTS) is 1. The number of carbonyl (C=O) groups excluding carboxylic acids is 1. The fourth-order valence-electron chi connectivity index (χ4n) is 1.65. The second-order valence-corrected chi connectivity index (χ2v) is 5.10. The van der Waals surface area contributed by atoms with Gasteiger partial charge in [0.1, 0.15) is 10.9 Å². The van der Waals surface area contributed by atoms with Crippen LogP contribution in [0.5, 0.6) is 0 Å². The molecule has 2 aromatic rings. The lowest BCUT2D eigenvalue weighted by molar-refractivity contribution is -0.138. The van der Waals surface area contributed by atoms with E-state index in [0.717, 1.165) is 15.9 Å². The number of aromatic nitrogens is 2. The first-order chi connectivity index (χ1) is 8.40. The van der Waals surface area contributed by atoms with Crippen LogP contribution in [0.3, 0.4) is 0 Å². The van der Waals surface area contributed by atoms with Crippen molar-refractivity contribution < 1.29 is 14.7 Å². The summed E-state index contributed by atoms with van der Waals surface area (Å²) in [5.41, 5.74) is 0.856. The molecule has 6 nitrogen and oxygen atoms in total. The Balaban J connectivity index is 2.29. The average Bonchev–Trinajstić information content (AvgIpc) is 2.81. The lowest BCUT2D eigenvalue weighted by Crippen LogP contribution is -2.37. The second kappa shape index (κ2) is 4.41. The van der Waals surface area contributed by atoms with Gasteiger partial charge in [-0.25, -0.2) is 0 Å². The molecule has 0 aliphatic carbocycles. The smallest absolute Gasteiger partial charge is 0.325 e. The Morgan fingerprint density at radius 1 is 1.56 bits per heavy atom. The van der Waals surface area contributed by atoms with Gasteiger partial charge in [0, 0.05) is 12.4 Å². The molecule has 2 aromatic heterocycles. The number of amides is 1. The zero-order chi connectivity index (χ0) is 13.4. The molecule has 7 heteroatoms. The van der Waals surface area contributed by atoms with Crippen LogP contribution < -0.4 is 5.32 Å². The van der Waals surface area contributed by atoms with Crippen molar-refractivity contribution in [1.82, 2.24) is 15.1 Å². The van der Waals surface area contributed by atoms with E-state index in [4.69, 9.17) is 5.11 Å². The minimum absolute atomic E-state index is 0.370. The second-order valence-electron chi connectivity index (χ2n) is 4.07. The van der Waals surface area contributed by atoms with E-state index in [9.17, 15) is 9.59 Å². The highest BCUT2D eigenvalue weighted by molar-refractivity contribution is 7.20. The third-order valence-corrected chi connectivity index (χ3v) is 3.84. The van der Waals surface area contributed by atoms with Gasteiger partial charge in [-0.2, -0.15) is 5.10 Å². The molecule has 1 atom stereocenters. The third-order valence-electron chi connectivity index (χ3n) is 2.64. The lowest BCUT2D eigenvalue weighted by atomic mass is 10.3. The Morgan fingerprint density at radius 2 is 2.22 bits per heavy atom. The van der Waals surface area contributed by atoms with E-state index in [1.165, 1.54) is 18.3 Å². The SMILES string of the molecule is Cc1nn(C)c2sc(C(=O)N[C@@H](C)C(=O)O)cc12. The van der Waals surface area contributed by atoms with E-state index in [2.05, 4.69) is 10.4 Å². The van der Waals surface area contributed by atoms with E-state index in [1.807, 2.05) is 14.0 Å². The summed E-state index contributed by atoms with van der Waals surface area (Å²) >= 11 is 1.30. The molecule has 1 amide bonds. The average molecular weight is 267 g/mol. The predicted octanol–water partition coefficient (Wildman–Crippen LogP) is 1.15. The molecule has 18 heavy (non-hydrogen) atoms. The van der Waals surface area contributed by atoms with Crippen LogP contribution in [0.2, 0.25) is 0 Å². The van der Waals surface area contributed by atoms with Crippen LogP contribution in [0.25, 0.3) is 10.2 Å². The number of fused-ring (bicyclic) bond motifs is 1. The standard InChI is InChI=1S/C11H13N3O3S/c1-5-7-4-8(18-10(7)14(3)13-5)9(15)12-6(2)11(16)17/h4,6H,1-3H3,(H,12,15)(H,16,17)/t6-/m0/s1. The molecule has 0 saturated carbocycles. The summed E-state index contributed by atoms with van der Waals surface area (Å²) in [6.45, 7) is 3.30. The summed E-state index contributed by atoms with van der Waals surface area (Å²) in [5.74, 6) is -1.42. The molecule has 0 radical (unpaired) electrons. The van der Waals surface area contributed by atoms with Crippen molar-refractivity contribution >= 4 is 33.4 Å². The first-order valence-electron chi connectivity index (χ1n) is 5.37. The Morgan fingerprint density at radius 3 is 2.78 bits per heavy atom. The van der Waals surface area contributed by atoms with Crippen LogP contribution in [-0.4, -0.2) is 32.8 Å². The Bertz CT molecular complexity index is 594. The van der Waals surface area contributed by atoms with Gasteiger partial charge in [0.2, 0.25) is 0 Å². The number of carboxylic acids is 1. The number of nitrogens with one attached hydrogen (secondary N) is 1. The molecule has 0 aliphatic heterocycles. The molecule has 0 spiro atoms. The zero-order valence-electron chi connectivity index (χ0n) is 10.2. The quantitative estimate of drug-likeness (QED) is 0.873. The molecule has 0 aliphatic rings. The number of aryl methyl sites for hydroxylation is 2. The van der Waals surface area contributed by atoms with Crippen LogP contribution >= 0.6 is 11.3 Å². The summed E-state index contributed by atoms with van der Waals surface area (Å²) < 4.78 is 1.72. The lowest BCUT2D eigenvalue weighted by Gasteiger charge is -2.07. The predicted molar refractivity (Wildman–Crippen MR) is 67.9 cm³/mol. The summed E-state index contributed by atoms with van der Waals surface area (Å²) in [6, 6.07) is 0.841. The molecule has 0 saturated heterocycles. The summed E-state index contributed by atoms with van der Waals surface area (Å²) in [7, 11) is 1.81. The van der Waals surface area contributed by atoms with Gasteiger partial charge in [0.15, 0.2) is 0 Å². The van der Waals surface area contributed by atoms with Gasteiger partial charge in [-0.15, -0.1) is 11.3 Å². The van der Waals surface area contributed by atoms with Crippen LogP contribution in [0.1, 0.15) is 22.3 Å². The maximum atomic E-state index is 11.9. The maximum Gasteiger partial charge on any atom is 0.325 e. The summed E-state index contributed by atoms with van der Waals surface area (Å²) in [6.07, 6.45) is 0. The first-order valence-corrected chi connectivity index (χ1v) is 6.18. The minimum Gasteiger partial charge on any atom is -0.480 e. The molecule has 2 heterocycles. The monoisotopic (exact) mass is 267 g/mol. The van der Waals surface area contributed by atoms with Crippen LogP contribution in [0.4, 0.5) is 0 Å². The van der Waals surface area contributed by atoms with Crippen molar-refractivity contribution in [3.8, 4) is 0 Å². The van der Waals surface area contributed by atoms with Crippen LogP contribution in [0.15, 0.2) is 6.07 Å². The number of nitrogens with zero attached hydrogens (tertiary/aromatic N) is 2. The van der Waals surface area contributed by atoms with Gasteiger partial charge in [-0.1, -0.05) is 0 Å². The minimum atomic E-state index is -1.05. The first kappa shape index (κ1) is 12.6. The number of aliphatic carboxylic acids is 1. The van der Waals surface area contributed by atoms with E-state index < -0.39 is 12.0 Å². The third kappa shape index (κ3) is 2.08. The van der Waals surface area contributed by atoms with Crippen molar-refractivity contribution in [2.24, 2.45) is 7.05 Å². The Hall–Kier alpha value is -1.89. The fraction of sp³-hybridized carbons (Fsp3) is 0.364. The number of hydrogen-bond acceptors (Lipinski definition) is 4. The van der Waals surface area contributed by atoms with E-state index in [-0.39, 0.29) is 5.91 Å². The maximum absolute atomic E-state index is 11.9. The van der Waals surface area contributed by atoms with Gasteiger partial charge >= 0.3 is 5.97 Å². The fourth-order valence-corrected chi connectivity index (χ4v) is 2.67. The largest absolute Gasteiger partial charge is 0.480 e. The highest BCUT2D eigenvalue weighted by Gasteiger charge is 2.19. The molecular formula is C11H13N3O3S. The van der Waals surface area contributed by atoms with Crippen LogP contribution in [-0.2, 0) is 11.8 Å². The van der Waals surface area contributed by atoms with Gasteiger partial charge in [-0.05, 0) is 19.9 Å². The topological polar surface area (TPSA) is 84.2 Å². The van der Waals surface area contributed by atoms with Crippen molar-refractivity contribution in [2.45, 2.75) is 19.9 Å². The van der Waals surface area contributed by atoms with Gasteiger partial charge in [0.05, 0.1) is 10.6 Å². The molecule has 2 rings (SSSR count). The number of thiophene rings is 1. The van der Waals surface area contributed by atoms with E-state index >= 15 is 0 Å². The highest BCUT2D eigenvalue weighted by atomic mass is 32.1. The van der Waals surface area contributed by atoms with E-state index in [1.54, 1.807) is 10.7 Å². The van der Waals surface area contributed by atoms with Crippen molar-refractivity contribution in [3.05, 3.63) is 16.6 Å². The Kier molecular flexibility index (Phi) is 3.08. The molecule has 0 fully saturated rings. The molecule has 96 valence electrons. The van der Waals surface area contributed by atoms with Crippen LogP contribution in [0, 0.1) is 6.92 Å². The molecule has 0 unspecified atom stereocenters. The van der Waals surface area contributed by atoms with Gasteiger partial charge < -0.3 is 10.4 Å². The summed E-state index contributed by atoms with van der Waals surface area (Å²) in [4.78, 5) is 23.9. The number of rotatable bonds is 3. The molecule has 0 aromatic carbocycles. The molecule has 0 bridgehead atoms. The molecular weight excluding hydrogens is 254 g/mol. The number of hydrogen-bond donors (Lipinski definition) is 2. The van der Waals surface area contributed by atoms with E-state index in [0.29, 0.717) is 4.88 Å².